The third-order valence-electron chi connectivity index (χ3n) is 6.22. The third kappa shape index (κ3) is 7.23. The van der Waals surface area contributed by atoms with Gasteiger partial charge in [-0.3, -0.25) is 14.4 Å². The number of sulfonamides is 1. The van der Waals surface area contributed by atoms with Gasteiger partial charge in [0.15, 0.2) is 5.82 Å². The zero-order chi connectivity index (χ0) is 28.0. The van der Waals surface area contributed by atoms with Gasteiger partial charge in [-0.1, -0.05) is 18.7 Å². The van der Waals surface area contributed by atoms with Gasteiger partial charge in [-0.15, -0.1) is 0 Å². The minimum atomic E-state index is -3.79. The van der Waals surface area contributed by atoms with E-state index in [0.717, 1.165) is 23.0 Å². The number of carbonyl (C=O) groups excluding carboxylic acids is 2. The van der Waals surface area contributed by atoms with E-state index in [1.54, 1.807) is 11.6 Å². The van der Waals surface area contributed by atoms with Crippen molar-refractivity contribution in [1.82, 2.24) is 29.5 Å². The van der Waals surface area contributed by atoms with Crippen LogP contribution in [-0.4, -0.2) is 79.0 Å². The lowest BCUT2D eigenvalue weighted by molar-refractivity contribution is -0.125. The van der Waals surface area contributed by atoms with Crippen LogP contribution in [0.5, 0.6) is 5.75 Å². The second kappa shape index (κ2) is 12.1. The normalized spacial score (nSPS) is 17.8. The van der Waals surface area contributed by atoms with E-state index in [9.17, 15) is 18.0 Å². The summed E-state index contributed by atoms with van der Waals surface area (Å²) in [5.74, 6) is -0.235. The summed E-state index contributed by atoms with van der Waals surface area (Å²) in [6, 6.07) is 8.77. The number of amides is 2. The van der Waals surface area contributed by atoms with Crippen molar-refractivity contribution < 1.29 is 27.5 Å². The fourth-order valence-electron chi connectivity index (χ4n) is 4.50. The topological polar surface area (TPSA) is 156 Å². The summed E-state index contributed by atoms with van der Waals surface area (Å²) < 4.78 is 37.6. The van der Waals surface area contributed by atoms with Gasteiger partial charge in [-0.05, 0) is 30.2 Å². The molecule has 39 heavy (non-hydrogen) atoms. The Hall–Kier alpha value is -4.17. The van der Waals surface area contributed by atoms with Crippen molar-refractivity contribution in [3.8, 4) is 5.75 Å². The van der Waals surface area contributed by atoms with Crippen LogP contribution in [0.25, 0.3) is 5.52 Å². The van der Waals surface area contributed by atoms with E-state index >= 15 is 0 Å². The number of ether oxygens (including phenoxy) is 2. The molecule has 2 aromatic heterocycles. The van der Waals surface area contributed by atoms with Crippen LogP contribution in [0.4, 0.5) is 16.3 Å². The molecule has 0 bridgehead atoms. The van der Waals surface area contributed by atoms with Crippen molar-refractivity contribution in [3.63, 3.8) is 0 Å². The first-order valence-electron chi connectivity index (χ1n) is 12.2. The second-order valence-corrected chi connectivity index (χ2v) is 10.9. The second-order valence-electron chi connectivity index (χ2n) is 9.11. The van der Waals surface area contributed by atoms with Gasteiger partial charge < -0.3 is 20.1 Å². The molecule has 2 amide bonds. The molecule has 0 saturated carbocycles. The van der Waals surface area contributed by atoms with Gasteiger partial charge in [0.2, 0.25) is 15.9 Å². The van der Waals surface area contributed by atoms with Crippen LogP contribution in [0.3, 0.4) is 0 Å². The molecule has 2 atom stereocenters. The number of benzene rings is 1. The van der Waals surface area contributed by atoms with Gasteiger partial charge in [0.1, 0.15) is 24.2 Å². The predicted octanol–water partition coefficient (Wildman–Crippen LogP) is 1.66. The molecule has 3 heterocycles. The van der Waals surface area contributed by atoms with Gasteiger partial charge >= 0.3 is 6.09 Å². The van der Waals surface area contributed by atoms with Gasteiger partial charge in [0.05, 0.1) is 19.3 Å². The average Bonchev–Trinajstić information content (AvgIpc) is 3.31. The Morgan fingerprint density at radius 3 is 2.85 bits per heavy atom. The molecule has 208 valence electrons. The number of methoxy groups -OCH3 is 1. The van der Waals surface area contributed by atoms with E-state index in [1.807, 2.05) is 46.2 Å². The van der Waals surface area contributed by atoms with Crippen molar-refractivity contribution in [2.75, 3.05) is 38.4 Å². The highest BCUT2D eigenvalue weighted by Crippen LogP contribution is 2.27. The first kappa shape index (κ1) is 27.9. The molecule has 3 aromatic rings. The van der Waals surface area contributed by atoms with E-state index < -0.39 is 34.0 Å². The minimum Gasteiger partial charge on any atom is -0.497 e. The number of anilines is 2. The summed E-state index contributed by atoms with van der Waals surface area (Å²) in [7, 11) is -2.19. The van der Waals surface area contributed by atoms with Crippen LogP contribution < -0.4 is 20.1 Å². The zero-order valence-corrected chi connectivity index (χ0v) is 22.5. The maximum Gasteiger partial charge on any atom is 0.407 e. The molecule has 4 rings (SSSR count). The molecule has 1 fully saturated rings. The maximum absolute atomic E-state index is 12.9. The van der Waals surface area contributed by atoms with Crippen molar-refractivity contribution in [2.24, 2.45) is 5.92 Å². The summed E-state index contributed by atoms with van der Waals surface area (Å²) >= 11 is 0. The number of hydrogen-bond donors (Lipinski definition) is 3. The van der Waals surface area contributed by atoms with Gasteiger partial charge in [0, 0.05) is 43.6 Å². The first-order valence-corrected chi connectivity index (χ1v) is 14.1. The van der Waals surface area contributed by atoms with E-state index in [1.165, 1.54) is 12.4 Å². The number of nitrogens with zero attached hydrogens (tertiary/aromatic N) is 4. The van der Waals surface area contributed by atoms with Crippen molar-refractivity contribution >= 4 is 39.0 Å². The van der Waals surface area contributed by atoms with Crippen LogP contribution in [0.1, 0.15) is 12.0 Å². The smallest absolute Gasteiger partial charge is 0.407 e. The number of aromatic nitrogens is 3. The SMILES string of the molecule is C=CCOC(=O)NC1CCN(Cc2ccn3ncnc(Nc4cccc(OC)c4)c23)CC1C(=O)NS(C)(=O)=O. The largest absolute Gasteiger partial charge is 0.497 e. The fourth-order valence-corrected chi connectivity index (χ4v) is 5.02. The third-order valence-corrected chi connectivity index (χ3v) is 6.79. The number of carbonyl (C=O) groups is 2. The number of fused-ring (bicyclic) bond motifs is 1. The Bertz CT molecular complexity index is 1460. The number of likely N-dealkylation sites (tertiary alicyclic amines) is 1. The molecular weight excluding hydrogens is 526 g/mol. The summed E-state index contributed by atoms with van der Waals surface area (Å²) in [6.45, 7) is 4.70. The minimum absolute atomic E-state index is 0.0147. The molecule has 1 aliphatic rings. The van der Waals surface area contributed by atoms with Crippen LogP contribution in [-0.2, 0) is 26.1 Å². The van der Waals surface area contributed by atoms with Crippen molar-refractivity contribution in [2.45, 2.75) is 19.0 Å². The highest BCUT2D eigenvalue weighted by Gasteiger charge is 2.37. The molecular formula is C25H31N7O6S. The van der Waals surface area contributed by atoms with Gasteiger partial charge in [-0.25, -0.2) is 22.7 Å². The standard InChI is InChI=1S/C25H31N7O6S/c1-4-12-38-25(34)29-21-9-10-31(15-20(21)24(33)30-39(3,35)36)14-17-8-11-32-22(17)23(26-16-27-32)28-18-6-5-7-19(13-18)37-2/h4-8,11,13,16,20-21H,1,9-10,12,14-15H2,2-3H3,(H,29,34)(H,30,33)(H,26,27,28). The Morgan fingerprint density at radius 2 is 2.10 bits per heavy atom. The lowest BCUT2D eigenvalue weighted by Gasteiger charge is -2.37. The van der Waals surface area contributed by atoms with Crippen LogP contribution >= 0.6 is 0 Å². The van der Waals surface area contributed by atoms with E-state index in [-0.39, 0.29) is 13.2 Å². The molecule has 13 nitrogen and oxygen atoms in total. The Kier molecular flexibility index (Phi) is 8.66. The lowest BCUT2D eigenvalue weighted by Crippen LogP contribution is -2.56. The number of rotatable bonds is 10. The highest BCUT2D eigenvalue weighted by atomic mass is 32.2. The molecule has 1 aromatic carbocycles. The fraction of sp³-hybridized carbons (Fsp3) is 0.360. The van der Waals surface area contributed by atoms with E-state index in [2.05, 4.69) is 27.3 Å². The monoisotopic (exact) mass is 557 g/mol. The summed E-state index contributed by atoms with van der Waals surface area (Å²) in [5.41, 5.74) is 2.45. The number of hydrogen-bond acceptors (Lipinski definition) is 10. The molecule has 2 unspecified atom stereocenters. The molecule has 0 aliphatic carbocycles. The predicted molar refractivity (Wildman–Crippen MR) is 144 cm³/mol. The molecule has 0 radical (unpaired) electrons. The Labute approximate surface area is 226 Å². The van der Waals surface area contributed by atoms with Crippen LogP contribution in [0, 0.1) is 5.92 Å². The van der Waals surface area contributed by atoms with Crippen LogP contribution in [0.2, 0.25) is 0 Å². The lowest BCUT2D eigenvalue weighted by atomic mass is 9.91. The number of alkyl carbamates (subject to hydrolysis) is 1. The zero-order valence-electron chi connectivity index (χ0n) is 21.7. The summed E-state index contributed by atoms with van der Waals surface area (Å²) in [6.07, 6.45) is 5.32. The first-order chi connectivity index (χ1) is 18.7. The van der Waals surface area contributed by atoms with Crippen molar-refractivity contribution in [1.29, 1.82) is 0 Å². The molecule has 3 N–H and O–H groups in total. The average molecular weight is 558 g/mol. The molecule has 1 saturated heterocycles. The number of nitrogens with one attached hydrogen (secondary N) is 3. The Balaban J connectivity index is 1.55. The summed E-state index contributed by atoms with van der Waals surface area (Å²) in [4.78, 5) is 31.5. The van der Waals surface area contributed by atoms with E-state index in [0.29, 0.717) is 31.1 Å². The highest BCUT2D eigenvalue weighted by molar-refractivity contribution is 7.89. The molecule has 0 spiro atoms. The Morgan fingerprint density at radius 1 is 1.28 bits per heavy atom. The van der Waals surface area contributed by atoms with Crippen molar-refractivity contribution in [3.05, 3.63) is 61.1 Å². The number of piperidine rings is 1. The molecule has 1 aliphatic heterocycles. The maximum atomic E-state index is 12.9. The van der Waals surface area contributed by atoms with Gasteiger partial charge in [0.25, 0.3) is 0 Å². The van der Waals surface area contributed by atoms with Gasteiger partial charge in [-0.2, -0.15) is 5.10 Å². The van der Waals surface area contributed by atoms with E-state index in [4.69, 9.17) is 9.47 Å². The van der Waals surface area contributed by atoms with Crippen LogP contribution in [0.15, 0.2) is 55.5 Å². The molecule has 14 heteroatoms. The quantitative estimate of drug-likeness (QED) is 0.313. The summed E-state index contributed by atoms with van der Waals surface area (Å²) in [5, 5.41) is 10.3.